The van der Waals surface area contributed by atoms with Gasteiger partial charge in [-0.15, -0.1) is 24.0 Å². The van der Waals surface area contributed by atoms with E-state index in [1.165, 1.54) is 31.2 Å². The molecule has 25 heavy (non-hydrogen) atoms. The third-order valence-corrected chi connectivity index (χ3v) is 5.04. The van der Waals surface area contributed by atoms with E-state index < -0.39 is 0 Å². The highest BCUT2D eigenvalue weighted by molar-refractivity contribution is 14.0. The van der Waals surface area contributed by atoms with E-state index in [9.17, 15) is 0 Å². The quantitative estimate of drug-likeness (QED) is 0.441. The van der Waals surface area contributed by atoms with Crippen molar-refractivity contribution in [2.45, 2.75) is 44.1 Å². The van der Waals surface area contributed by atoms with Gasteiger partial charge in [0.25, 0.3) is 0 Å². The Morgan fingerprint density at radius 3 is 2.52 bits per heavy atom. The van der Waals surface area contributed by atoms with E-state index >= 15 is 0 Å². The number of hydrogen-bond acceptors (Lipinski definition) is 2. The zero-order chi connectivity index (χ0) is 16.4. The average molecular weight is 451 g/mol. The molecule has 4 rings (SSSR count). The minimum absolute atomic E-state index is 0. The predicted octanol–water partition coefficient (Wildman–Crippen LogP) is 3.54. The van der Waals surface area contributed by atoms with Gasteiger partial charge in [-0.1, -0.05) is 31.0 Å². The van der Waals surface area contributed by atoms with Gasteiger partial charge in [-0.2, -0.15) is 5.10 Å². The molecule has 2 aliphatic rings. The van der Waals surface area contributed by atoms with Crippen molar-refractivity contribution in [2.75, 3.05) is 13.1 Å². The van der Waals surface area contributed by atoms with E-state index in [1.807, 2.05) is 29.1 Å². The molecule has 6 heteroatoms. The van der Waals surface area contributed by atoms with Crippen LogP contribution < -0.4 is 5.73 Å². The third kappa shape index (κ3) is 4.34. The van der Waals surface area contributed by atoms with Gasteiger partial charge in [0.2, 0.25) is 0 Å². The van der Waals surface area contributed by atoms with E-state index in [-0.39, 0.29) is 24.0 Å². The van der Waals surface area contributed by atoms with Crippen LogP contribution >= 0.6 is 24.0 Å². The van der Waals surface area contributed by atoms with Crippen molar-refractivity contribution in [3.05, 3.63) is 48.3 Å². The number of rotatable bonds is 3. The maximum Gasteiger partial charge on any atom is 0.191 e. The van der Waals surface area contributed by atoms with Crippen molar-refractivity contribution in [2.24, 2.45) is 10.7 Å². The summed E-state index contributed by atoms with van der Waals surface area (Å²) in [4.78, 5) is 7.04. The van der Waals surface area contributed by atoms with Gasteiger partial charge in [0, 0.05) is 25.2 Å². The number of guanidine groups is 1. The van der Waals surface area contributed by atoms with Crippen molar-refractivity contribution in [1.82, 2.24) is 14.7 Å². The lowest BCUT2D eigenvalue weighted by atomic mass is 10.2. The molecule has 1 aliphatic carbocycles. The Kier molecular flexibility index (Phi) is 5.98. The Hall–Kier alpha value is -1.57. The smallest absolute Gasteiger partial charge is 0.191 e. The number of nitrogens with two attached hydrogens (primary N) is 1. The van der Waals surface area contributed by atoms with Crippen LogP contribution in [0.1, 0.15) is 43.6 Å². The van der Waals surface area contributed by atoms with Crippen LogP contribution in [0.2, 0.25) is 0 Å². The normalized spacial score (nSPS) is 23.7. The molecule has 0 radical (unpaired) electrons. The van der Waals surface area contributed by atoms with Crippen LogP contribution in [0.15, 0.2) is 47.7 Å². The van der Waals surface area contributed by atoms with Crippen LogP contribution in [0.3, 0.4) is 0 Å². The molecule has 0 spiro atoms. The van der Waals surface area contributed by atoms with Gasteiger partial charge >= 0.3 is 0 Å². The monoisotopic (exact) mass is 451 g/mol. The molecule has 5 nitrogen and oxygen atoms in total. The molecular weight excluding hydrogens is 425 g/mol. The summed E-state index contributed by atoms with van der Waals surface area (Å²) in [5, 5.41) is 4.49. The summed E-state index contributed by atoms with van der Waals surface area (Å²) in [6, 6.07) is 10.5. The van der Waals surface area contributed by atoms with Gasteiger partial charge < -0.3 is 10.6 Å². The van der Waals surface area contributed by atoms with Gasteiger partial charge in [0.05, 0.1) is 17.9 Å². The van der Waals surface area contributed by atoms with Crippen molar-refractivity contribution in [3.63, 3.8) is 0 Å². The number of halogens is 1. The first kappa shape index (κ1) is 18.2. The van der Waals surface area contributed by atoms with E-state index in [2.05, 4.69) is 28.3 Å². The summed E-state index contributed by atoms with van der Waals surface area (Å²) in [5.41, 5.74) is 8.60. The van der Waals surface area contributed by atoms with Crippen molar-refractivity contribution in [1.29, 1.82) is 0 Å². The SMILES string of the molecule is I.NC(=N[C@@H]1C[C@H]1c1cnn(-c2ccccc2)c1)N1CCCCCC1. The third-order valence-electron chi connectivity index (χ3n) is 5.04. The lowest BCUT2D eigenvalue weighted by Crippen LogP contribution is -2.38. The summed E-state index contributed by atoms with van der Waals surface area (Å²) < 4.78 is 1.94. The number of likely N-dealkylation sites (tertiary alicyclic amines) is 1. The Morgan fingerprint density at radius 1 is 1.08 bits per heavy atom. The first-order chi connectivity index (χ1) is 11.8. The number of aromatic nitrogens is 2. The van der Waals surface area contributed by atoms with E-state index in [0.29, 0.717) is 12.0 Å². The molecule has 134 valence electrons. The molecule has 1 aromatic heterocycles. The maximum absolute atomic E-state index is 6.25. The zero-order valence-electron chi connectivity index (χ0n) is 14.4. The molecule has 2 atom stereocenters. The second kappa shape index (κ2) is 8.21. The summed E-state index contributed by atoms with van der Waals surface area (Å²) >= 11 is 0. The van der Waals surface area contributed by atoms with Crippen molar-refractivity contribution < 1.29 is 0 Å². The fraction of sp³-hybridized carbons (Fsp3) is 0.474. The Bertz CT molecular complexity index is 704. The molecule has 2 heterocycles. The number of benzene rings is 1. The molecule has 1 saturated heterocycles. The molecule has 0 amide bonds. The van der Waals surface area contributed by atoms with Gasteiger partial charge in [-0.3, -0.25) is 0 Å². The molecule has 0 bridgehead atoms. The maximum atomic E-state index is 6.25. The van der Waals surface area contributed by atoms with E-state index in [1.54, 1.807) is 0 Å². The van der Waals surface area contributed by atoms with Crippen LogP contribution in [0.5, 0.6) is 0 Å². The van der Waals surface area contributed by atoms with E-state index in [4.69, 9.17) is 10.7 Å². The second-order valence-electron chi connectivity index (χ2n) is 6.85. The molecule has 1 aliphatic heterocycles. The highest BCUT2D eigenvalue weighted by Crippen LogP contribution is 2.43. The number of aliphatic imine (C=N–C) groups is 1. The Labute approximate surface area is 166 Å². The van der Waals surface area contributed by atoms with Gasteiger partial charge in [0.1, 0.15) is 0 Å². The fourth-order valence-electron chi connectivity index (χ4n) is 3.48. The van der Waals surface area contributed by atoms with Crippen molar-refractivity contribution >= 4 is 29.9 Å². The van der Waals surface area contributed by atoms with Gasteiger partial charge in [0.15, 0.2) is 5.96 Å². The zero-order valence-corrected chi connectivity index (χ0v) is 16.8. The van der Waals surface area contributed by atoms with Crippen LogP contribution in [0.4, 0.5) is 0 Å². The van der Waals surface area contributed by atoms with Gasteiger partial charge in [-0.05, 0) is 37.0 Å². The van der Waals surface area contributed by atoms with Crippen molar-refractivity contribution in [3.8, 4) is 5.69 Å². The molecule has 1 aromatic carbocycles. The summed E-state index contributed by atoms with van der Waals surface area (Å²) in [5.74, 6) is 1.20. The predicted molar refractivity (Wildman–Crippen MR) is 112 cm³/mol. The minimum Gasteiger partial charge on any atom is -0.370 e. The van der Waals surface area contributed by atoms with Crippen LogP contribution in [-0.4, -0.2) is 39.8 Å². The lowest BCUT2D eigenvalue weighted by Gasteiger charge is -2.21. The average Bonchev–Trinajstić information content (AvgIpc) is 3.29. The summed E-state index contributed by atoms with van der Waals surface area (Å²) in [6.45, 7) is 2.11. The standard InChI is InChI=1S/C19H25N5.HI/c20-19(23-10-6-1-2-7-11-23)22-18-12-17(18)15-13-21-24(14-15)16-8-4-3-5-9-16;/h3-5,8-9,13-14,17-18H,1-2,6-7,10-12H2,(H2,20,22);1H/t17-,18+;/m0./s1. The molecule has 2 N–H and O–H groups in total. The Balaban J connectivity index is 0.00000182. The van der Waals surface area contributed by atoms with Crippen LogP contribution in [-0.2, 0) is 0 Å². The topological polar surface area (TPSA) is 59.4 Å². The first-order valence-corrected chi connectivity index (χ1v) is 8.99. The molecule has 0 unspecified atom stereocenters. The largest absolute Gasteiger partial charge is 0.370 e. The number of nitrogens with zero attached hydrogens (tertiary/aromatic N) is 4. The molecule has 2 aromatic rings. The fourth-order valence-corrected chi connectivity index (χ4v) is 3.48. The Morgan fingerprint density at radius 2 is 1.80 bits per heavy atom. The molecular formula is C19H26IN5. The van der Waals surface area contributed by atoms with E-state index in [0.717, 1.165) is 31.2 Å². The summed E-state index contributed by atoms with van der Waals surface area (Å²) in [7, 11) is 0. The molecule has 2 fully saturated rings. The number of hydrogen-bond donors (Lipinski definition) is 1. The highest BCUT2D eigenvalue weighted by atomic mass is 127. The second-order valence-corrected chi connectivity index (χ2v) is 6.85. The summed E-state index contributed by atoms with van der Waals surface area (Å²) in [6.07, 6.45) is 10.3. The minimum atomic E-state index is 0. The lowest BCUT2D eigenvalue weighted by molar-refractivity contribution is 0.428. The highest BCUT2D eigenvalue weighted by Gasteiger charge is 2.39. The molecule has 1 saturated carbocycles. The van der Waals surface area contributed by atoms with Crippen LogP contribution in [0, 0.1) is 0 Å². The first-order valence-electron chi connectivity index (χ1n) is 8.99. The van der Waals surface area contributed by atoms with Gasteiger partial charge in [-0.25, -0.2) is 9.67 Å². The number of para-hydroxylation sites is 1. The van der Waals surface area contributed by atoms with Crippen LogP contribution in [0.25, 0.3) is 5.69 Å².